The van der Waals surface area contributed by atoms with Crippen LogP contribution in [0.25, 0.3) is 0 Å². The lowest BCUT2D eigenvalue weighted by molar-refractivity contribution is -0.120. The molecule has 0 spiro atoms. The average Bonchev–Trinajstić information content (AvgIpc) is 2.56. The molecule has 2 N–H and O–H groups in total. The second-order valence-electron chi connectivity index (χ2n) is 5.38. The number of nitrogens with one attached hydrogen (secondary N) is 2. The first-order valence-electron chi connectivity index (χ1n) is 5.89. The third-order valence-corrected chi connectivity index (χ3v) is 2.51. The van der Waals surface area contributed by atoms with E-state index in [0.29, 0.717) is 0 Å². The number of halogens is 2. The van der Waals surface area contributed by atoms with E-state index >= 15 is 0 Å². The Kier molecular flexibility index (Phi) is 3.26. The minimum absolute atomic E-state index is 0.227. The van der Waals surface area contributed by atoms with Crippen LogP contribution in [0.4, 0.5) is 8.78 Å². The Morgan fingerprint density at radius 1 is 1.26 bits per heavy atom. The Hall–Kier alpha value is -1.98. The van der Waals surface area contributed by atoms with Crippen molar-refractivity contribution in [2.45, 2.75) is 32.4 Å². The number of carbonyl (C=O) groups excluding carboxylic acids is 1. The van der Waals surface area contributed by atoms with Crippen LogP contribution in [-0.4, -0.2) is 17.4 Å². The SMILES string of the molecule is CC(C)(C)NC1=NC(c2c(F)cccc2F)C(=O)N1. The van der Waals surface area contributed by atoms with Gasteiger partial charge in [0.05, 0.1) is 5.56 Å². The second-order valence-corrected chi connectivity index (χ2v) is 5.38. The van der Waals surface area contributed by atoms with Crippen molar-refractivity contribution in [2.24, 2.45) is 4.99 Å². The predicted octanol–water partition coefficient (Wildman–Crippen LogP) is 1.88. The highest BCUT2D eigenvalue weighted by Crippen LogP contribution is 2.26. The lowest BCUT2D eigenvalue weighted by atomic mass is 10.1. The Bertz CT molecular complexity index is 529. The summed E-state index contributed by atoms with van der Waals surface area (Å²) in [5, 5.41) is 5.44. The molecule has 19 heavy (non-hydrogen) atoms. The van der Waals surface area contributed by atoms with Crippen LogP contribution in [0.5, 0.6) is 0 Å². The lowest BCUT2D eigenvalue weighted by Crippen LogP contribution is -2.46. The zero-order valence-electron chi connectivity index (χ0n) is 10.9. The van der Waals surface area contributed by atoms with Crippen LogP contribution in [0.2, 0.25) is 0 Å². The largest absolute Gasteiger partial charge is 0.351 e. The van der Waals surface area contributed by atoms with E-state index in [0.717, 1.165) is 12.1 Å². The number of guanidine groups is 1. The Morgan fingerprint density at radius 3 is 2.37 bits per heavy atom. The summed E-state index contributed by atoms with van der Waals surface area (Å²) in [6.07, 6.45) is 0. The number of hydrogen-bond acceptors (Lipinski definition) is 3. The quantitative estimate of drug-likeness (QED) is 0.816. The fourth-order valence-corrected chi connectivity index (χ4v) is 1.79. The van der Waals surface area contributed by atoms with E-state index in [-0.39, 0.29) is 17.1 Å². The number of hydrogen-bond donors (Lipinski definition) is 2. The van der Waals surface area contributed by atoms with Crippen LogP contribution < -0.4 is 10.6 Å². The zero-order valence-corrected chi connectivity index (χ0v) is 10.9. The summed E-state index contributed by atoms with van der Waals surface area (Å²) in [6, 6.07) is 2.28. The van der Waals surface area contributed by atoms with Crippen LogP contribution >= 0.6 is 0 Å². The number of nitrogens with zero attached hydrogens (tertiary/aromatic N) is 1. The molecule has 1 aliphatic rings. The second kappa shape index (κ2) is 4.60. The zero-order chi connectivity index (χ0) is 14.2. The van der Waals surface area contributed by atoms with E-state index < -0.39 is 23.6 Å². The number of rotatable bonds is 1. The summed E-state index contributed by atoms with van der Waals surface area (Å²) in [6.45, 7) is 5.66. The summed E-state index contributed by atoms with van der Waals surface area (Å²) in [7, 11) is 0. The maximum absolute atomic E-state index is 13.6. The number of amides is 1. The molecule has 102 valence electrons. The fraction of sp³-hybridized carbons (Fsp3) is 0.385. The molecule has 1 heterocycles. The van der Waals surface area contributed by atoms with Gasteiger partial charge in [0.25, 0.3) is 5.91 Å². The Labute approximate surface area is 109 Å². The van der Waals surface area contributed by atoms with Crippen molar-refractivity contribution in [1.29, 1.82) is 0 Å². The van der Waals surface area contributed by atoms with Crippen LogP contribution in [0.15, 0.2) is 23.2 Å². The van der Waals surface area contributed by atoms with Gasteiger partial charge in [0, 0.05) is 5.54 Å². The van der Waals surface area contributed by atoms with Crippen molar-refractivity contribution in [3.8, 4) is 0 Å². The molecule has 4 nitrogen and oxygen atoms in total. The molecule has 0 radical (unpaired) electrons. The van der Waals surface area contributed by atoms with E-state index in [1.54, 1.807) is 0 Å². The standard InChI is InChI=1S/C13H15F2N3O/c1-13(2,3)18-12-16-10(11(19)17-12)9-7(14)5-4-6-8(9)15/h4-6,10H,1-3H3,(H2,16,17,18,19). The molecule has 0 saturated carbocycles. The summed E-state index contributed by atoms with van der Waals surface area (Å²) < 4.78 is 27.3. The molecular formula is C13H15F2N3O. The Balaban J connectivity index is 2.33. The molecule has 1 unspecified atom stereocenters. The highest BCUT2D eigenvalue weighted by atomic mass is 19.1. The van der Waals surface area contributed by atoms with E-state index in [1.165, 1.54) is 6.07 Å². The van der Waals surface area contributed by atoms with Gasteiger partial charge in [-0.15, -0.1) is 0 Å². The van der Waals surface area contributed by atoms with Crippen molar-refractivity contribution >= 4 is 11.9 Å². The monoisotopic (exact) mass is 267 g/mol. The first kappa shape index (κ1) is 13.5. The first-order chi connectivity index (χ1) is 8.78. The molecular weight excluding hydrogens is 252 g/mol. The highest BCUT2D eigenvalue weighted by Gasteiger charge is 2.33. The molecule has 1 amide bonds. The minimum Gasteiger partial charge on any atom is -0.351 e. The normalized spacial score (nSPS) is 19.1. The van der Waals surface area contributed by atoms with E-state index in [1.807, 2.05) is 20.8 Å². The third-order valence-electron chi connectivity index (χ3n) is 2.51. The third kappa shape index (κ3) is 2.89. The molecule has 1 aromatic carbocycles. The molecule has 0 bridgehead atoms. The van der Waals surface area contributed by atoms with Crippen molar-refractivity contribution < 1.29 is 13.6 Å². The molecule has 0 aliphatic carbocycles. The number of aliphatic imine (C=N–C) groups is 1. The van der Waals surface area contributed by atoms with E-state index in [9.17, 15) is 13.6 Å². The average molecular weight is 267 g/mol. The lowest BCUT2D eigenvalue weighted by Gasteiger charge is -2.21. The van der Waals surface area contributed by atoms with Gasteiger partial charge in [-0.2, -0.15) is 0 Å². The van der Waals surface area contributed by atoms with Gasteiger partial charge < -0.3 is 5.32 Å². The van der Waals surface area contributed by atoms with Gasteiger partial charge in [0.2, 0.25) is 0 Å². The number of carbonyl (C=O) groups is 1. The maximum Gasteiger partial charge on any atom is 0.256 e. The molecule has 1 atom stereocenters. The van der Waals surface area contributed by atoms with Crippen LogP contribution in [0.3, 0.4) is 0 Å². The summed E-state index contributed by atoms with van der Waals surface area (Å²) in [4.78, 5) is 15.8. The fourth-order valence-electron chi connectivity index (χ4n) is 1.79. The van der Waals surface area contributed by atoms with Gasteiger partial charge in [-0.3, -0.25) is 10.1 Å². The van der Waals surface area contributed by atoms with Gasteiger partial charge >= 0.3 is 0 Å². The van der Waals surface area contributed by atoms with Crippen molar-refractivity contribution in [2.75, 3.05) is 0 Å². The first-order valence-corrected chi connectivity index (χ1v) is 5.89. The van der Waals surface area contributed by atoms with Crippen molar-refractivity contribution in [3.63, 3.8) is 0 Å². The van der Waals surface area contributed by atoms with Crippen LogP contribution in [0, 0.1) is 11.6 Å². The smallest absolute Gasteiger partial charge is 0.256 e. The van der Waals surface area contributed by atoms with Gasteiger partial charge in [0.1, 0.15) is 11.6 Å². The van der Waals surface area contributed by atoms with Crippen LogP contribution in [0.1, 0.15) is 32.4 Å². The molecule has 1 aromatic rings. The molecule has 0 saturated heterocycles. The van der Waals surface area contributed by atoms with Gasteiger partial charge in [-0.25, -0.2) is 13.8 Å². The summed E-state index contributed by atoms with van der Waals surface area (Å²) in [5.41, 5.74) is -0.639. The molecule has 6 heteroatoms. The molecule has 2 rings (SSSR count). The van der Waals surface area contributed by atoms with Gasteiger partial charge in [-0.1, -0.05) is 6.07 Å². The Morgan fingerprint density at radius 2 is 1.84 bits per heavy atom. The minimum atomic E-state index is -1.19. The van der Waals surface area contributed by atoms with Gasteiger partial charge in [-0.05, 0) is 32.9 Å². The summed E-state index contributed by atoms with van der Waals surface area (Å²) >= 11 is 0. The maximum atomic E-state index is 13.6. The van der Waals surface area contributed by atoms with Gasteiger partial charge in [0.15, 0.2) is 12.0 Å². The molecule has 0 aromatic heterocycles. The van der Waals surface area contributed by atoms with Crippen LogP contribution in [-0.2, 0) is 4.79 Å². The van der Waals surface area contributed by atoms with Crippen molar-refractivity contribution in [1.82, 2.24) is 10.6 Å². The highest BCUT2D eigenvalue weighted by molar-refractivity contribution is 6.05. The number of benzene rings is 1. The van der Waals surface area contributed by atoms with E-state index in [2.05, 4.69) is 15.6 Å². The predicted molar refractivity (Wildman–Crippen MR) is 67.6 cm³/mol. The molecule has 1 aliphatic heterocycles. The van der Waals surface area contributed by atoms with E-state index in [4.69, 9.17) is 0 Å². The molecule has 0 fully saturated rings. The topological polar surface area (TPSA) is 53.5 Å². The summed E-state index contributed by atoms with van der Waals surface area (Å²) in [5.74, 6) is -1.87. The van der Waals surface area contributed by atoms with Crippen molar-refractivity contribution in [3.05, 3.63) is 35.4 Å².